The number of carboxylic acids is 1. The Kier molecular flexibility index (Phi) is 5.34. The molecule has 1 rings (SSSR count). The number of anilines is 1. The summed E-state index contributed by atoms with van der Waals surface area (Å²) in [6.07, 6.45) is 0. The number of ether oxygens (including phenoxy) is 1. The lowest BCUT2D eigenvalue weighted by molar-refractivity contribution is -0.155. The van der Waals surface area contributed by atoms with Crippen molar-refractivity contribution < 1.29 is 24.5 Å². The molecule has 20 heavy (non-hydrogen) atoms. The zero-order valence-electron chi connectivity index (χ0n) is 10.9. The van der Waals surface area contributed by atoms with Crippen LogP contribution in [0.1, 0.15) is 6.92 Å². The van der Waals surface area contributed by atoms with Crippen LogP contribution >= 0.6 is 15.9 Å². The Morgan fingerprint density at radius 2 is 2.10 bits per heavy atom. The third kappa shape index (κ3) is 4.39. The minimum absolute atomic E-state index is 0.411. The van der Waals surface area contributed by atoms with Gasteiger partial charge in [0.1, 0.15) is 5.75 Å². The molecule has 0 aromatic heterocycles. The summed E-state index contributed by atoms with van der Waals surface area (Å²) in [5.74, 6) is -0.966. The van der Waals surface area contributed by atoms with Gasteiger partial charge in [0.25, 0.3) is 0 Å². The molecule has 0 aliphatic rings. The van der Waals surface area contributed by atoms with Crippen LogP contribution < -0.4 is 15.4 Å². The molecule has 0 heterocycles. The van der Waals surface area contributed by atoms with Crippen LogP contribution in [0.25, 0.3) is 0 Å². The van der Waals surface area contributed by atoms with E-state index in [1.165, 1.54) is 7.11 Å². The molecule has 2 amide bonds. The van der Waals surface area contributed by atoms with Gasteiger partial charge in [-0.1, -0.05) is 15.9 Å². The first-order chi connectivity index (χ1) is 9.26. The van der Waals surface area contributed by atoms with Gasteiger partial charge in [-0.25, -0.2) is 9.59 Å². The van der Waals surface area contributed by atoms with E-state index in [0.29, 0.717) is 11.4 Å². The molecule has 1 aromatic carbocycles. The van der Waals surface area contributed by atoms with Crippen LogP contribution in [-0.2, 0) is 4.79 Å². The van der Waals surface area contributed by atoms with Crippen molar-refractivity contribution in [1.29, 1.82) is 0 Å². The Morgan fingerprint density at radius 1 is 1.45 bits per heavy atom. The lowest BCUT2D eigenvalue weighted by atomic mass is 10.1. The monoisotopic (exact) mass is 346 g/mol. The number of rotatable bonds is 5. The Bertz CT molecular complexity index is 519. The van der Waals surface area contributed by atoms with Crippen LogP contribution in [0.4, 0.5) is 10.5 Å². The van der Waals surface area contributed by atoms with Gasteiger partial charge in [0.05, 0.1) is 19.3 Å². The molecule has 1 aromatic rings. The molecular formula is C12H15BrN2O5. The predicted molar refractivity (Wildman–Crippen MR) is 76.0 cm³/mol. The number of urea groups is 1. The zero-order chi connectivity index (χ0) is 15.3. The van der Waals surface area contributed by atoms with Crippen LogP contribution in [0.15, 0.2) is 22.7 Å². The number of nitrogens with one attached hydrogen (secondary N) is 2. The lowest BCUT2D eigenvalue weighted by Gasteiger charge is -2.19. The Morgan fingerprint density at radius 3 is 2.65 bits per heavy atom. The molecule has 110 valence electrons. The highest BCUT2D eigenvalue weighted by Gasteiger charge is 2.30. The number of methoxy groups -OCH3 is 1. The maximum absolute atomic E-state index is 11.7. The molecular weight excluding hydrogens is 332 g/mol. The number of aliphatic hydroxyl groups is 1. The van der Waals surface area contributed by atoms with Crippen LogP contribution in [0.2, 0.25) is 0 Å². The highest BCUT2D eigenvalue weighted by atomic mass is 79.9. The number of carboxylic acid groups (broad SMARTS) is 1. The second-order valence-corrected chi connectivity index (χ2v) is 5.15. The molecule has 0 bridgehead atoms. The largest absolute Gasteiger partial charge is 0.495 e. The number of benzene rings is 1. The summed E-state index contributed by atoms with van der Waals surface area (Å²) in [4.78, 5) is 22.4. The molecule has 0 aliphatic carbocycles. The number of carbonyl (C=O) groups is 2. The smallest absolute Gasteiger partial charge is 0.337 e. The van der Waals surface area contributed by atoms with Crippen molar-refractivity contribution in [2.75, 3.05) is 19.0 Å². The van der Waals surface area contributed by atoms with Gasteiger partial charge in [0.15, 0.2) is 5.60 Å². The highest BCUT2D eigenvalue weighted by Crippen LogP contribution is 2.27. The van der Waals surface area contributed by atoms with Crippen molar-refractivity contribution >= 4 is 33.6 Å². The number of hydrogen-bond donors (Lipinski definition) is 4. The summed E-state index contributed by atoms with van der Waals surface area (Å²) in [5.41, 5.74) is -1.62. The summed E-state index contributed by atoms with van der Waals surface area (Å²) >= 11 is 3.26. The van der Waals surface area contributed by atoms with E-state index in [4.69, 9.17) is 9.84 Å². The summed E-state index contributed by atoms with van der Waals surface area (Å²) in [6, 6.07) is 4.39. The molecule has 0 spiro atoms. The molecule has 0 saturated carbocycles. The molecule has 1 atom stereocenters. The van der Waals surface area contributed by atoms with Crippen molar-refractivity contribution in [3.05, 3.63) is 22.7 Å². The van der Waals surface area contributed by atoms with E-state index in [1.54, 1.807) is 18.2 Å². The summed E-state index contributed by atoms with van der Waals surface area (Å²) < 4.78 is 5.82. The predicted octanol–water partition coefficient (Wildman–Crippen LogP) is 1.41. The Hall–Kier alpha value is -1.80. The molecule has 0 aliphatic heterocycles. The van der Waals surface area contributed by atoms with E-state index in [-0.39, 0.29) is 0 Å². The lowest BCUT2D eigenvalue weighted by Crippen LogP contribution is -2.47. The van der Waals surface area contributed by atoms with E-state index in [9.17, 15) is 14.7 Å². The first-order valence-electron chi connectivity index (χ1n) is 5.60. The zero-order valence-corrected chi connectivity index (χ0v) is 12.5. The third-order valence-corrected chi connectivity index (χ3v) is 2.96. The second-order valence-electron chi connectivity index (χ2n) is 4.23. The quantitative estimate of drug-likeness (QED) is 0.644. The van der Waals surface area contributed by atoms with Gasteiger partial charge < -0.3 is 25.6 Å². The van der Waals surface area contributed by atoms with E-state index in [1.807, 2.05) is 0 Å². The van der Waals surface area contributed by atoms with Crippen LogP contribution in [0.3, 0.4) is 0 Å². The Labute approximate surface area is 124 Å². The standard InChI is InChI=1S/C12H15BrN2O5/c1-12(19,10(16)17)6-14-11(18)15-8-5-7(13)3-4-9(8)20-2/h3-5,19H,6H2,1-2H3,(H,16,17)(H2,14,15,18). The number of hydrogen-bond acceptors (Lipinski definition) is 4. The van der Waals surface area contributed by atoms with E-state index in [0.717, 1.165) is 11.4 Å². The summed E-state index contributed by atoms with van der Waals surface area (Å²) in [7, 11) is 1.46. The fourth-order valence-corrected chi connectivity index (χ4v) is 1.63. The van der Waals surface area contributed by atoms with Crippen LogP contribution in [0.5, 0.6) is 5.75 Å². The number of amides is 2. The van der Waals surface area contributed by atoms with Crippen LogP contribution in [0, 0.1) is 0 Å². The average molecular weight is 347 g/mol. The van der Waals surface area contributed by atoms with Crippen molar-refractivity contribution in [2.45, 2.75) is 12.5 Å². The van der Waals surface area contributed by atoms with Crippen molar-refractivity contribution in [2.24, 2.45) is 0 Å². The number of carbonyl (C=O) groups excluding carboxylic acids is 1. The maximum Gasteiger partial charge on any atom is 0.337 e. The van der Waals surface area contributed by atoms with Gasteiger partial charge in [-0.15, -0.1) is 0 Å². The van der Waals surface area contributed by atoms with Gasteiger partial charge in [-0.3, -0.25) is 0 Å². The summed E-state index contributed by atoms with van der Waals surface area (Å²) in [6.45, 7) is 0.666. The molecule has 4 N–H and O–H groups in total. The van der Waals surface area contributed by atoms with Crippen molar-refractivity contribution in [3.63, 3.8) is 0 Å². The van der Waals surface area contributed by atoms with Crippen molar-refractivity contribution in [1.82, 2.24) is 5.32 Å². The number of halogens is 1. The number of aliphatic carboxylic acids is 1. The molecule has 0 fully saturated rings. The first kappa shape index (κ1) is 16.3. The van der Waals surface area contributed by atoms with Gasteiger partial charge >= 0.3 is 12.0 Å². The maximum atomic E-state index is 11.7. The van der Waals surface area contributed by atoms with Gasteiger partial charge in [0.2, 0.25) is 0 Å². The van der Waals surface area contributed by atoms with Gasteiger partial charge in [0, 0.05) is 4.47 Å². The second kappa shape index (κ2) is 6.58. The highest BCUT2D eigenvalue weighted by molar-refractivity contribution is 9.10. The molecule has 7 nitrogen and oxygen atoms in total. The summed E-state index contributed by atoms with van der Waals surface area (Å²) in [5, 5.41) is 23.0. The normalized spacial score (nSPS) is 13.2. The minimum Gasteiger partial charge on any atom is -0.495 e. The van der Waals surface area contributed by atoms with Gasteiger partial charge in [-0.2, -0.15) is 0 Å². The minimum atomic E-state index is -2.03. The first-order valence-corrected chi connectivity index (χ1v) is 6.39. The average Bonchev–Trinajstić information content (AvgIpc) is 2.36. The molecule has 0 radical (unpaired) electrons. The molecule has 1 unspecified atom stereocenters. The van der Waals surface area contributed by atoms with E-state index in [2.05, 4.69) is 26.6 Å². The fourth-order valence-electron chi connectivity index (χ4n) is 1.27. The molecule has 0 saturated heterocycles. The van der Waals surface area contributed by atoms with E-state index < -0.39 is 24.1 Å². The van der Waals surface area contributed by atoms with Crippen LogP contribution in [-0.4, -0.2) is 41.5 Å². The fraction of sp³-hybridized carbons (Fsp3) is 0.333. The molecule has 8 heteroatoms. The Balaban J connectivity index is 2.68. The van der Waals surface area contributed by atoms with Crippen molar-refractivity contribution in [3.8, 4) is 5.75 Å². The van der Waals surface area contributed by atoms with Gasteiger partial charge in [-0.05, 0) is 25.1 Å². The van der Waals surface area contributed by atoms with E-state index >= 15 is 0 Å². The topological polar surface area (TPSA) is 108 Å². The SMILES string of the molecule is COc1ccc(Br)cc1NC(=O)NCC(C)(O)C(=O)O. The third-order valence-electron chi connectivity index (χ3n) is 2.46.